The number of allylic oxidation sites excluding steroid dienone is 2. The Hall–Kier alpha value is -3.95. The van der Waals surface area contributed by atoms with E-state index >= 15 is 0 Å². The Bertz CT molecular complexity index is 1510. The first-order valence-electron chi connectivity index (χ1n) is 15.4. The molecule has 2 unspecified atom stereocenters. The molecule has 4 N–H and O–H groups in total. The monoisotopic (exact) mass is 618 g/mol. The molecule has 44 heavy (non-hydrogen) atoms. The predicted octanol–water partition coefficient (Wildman–Crippen LogP) is 3.61. The molecule has 1 amide bonds. The van der Waals surface area contributed by atoms with Crippen molar-refractivity contribution in [3.8, 4) is 11.9 Å². The van der Waals surface area contributed by atoms with Crippen molar-refractivity contribution in [2.45, 2.75) is 69.9 Å². The van der Waals surface area contributed by atoms with Crippen LogP contribution in [0.4, 0.5) is 10.8 Å². The first-order chi connectivity index (χ1) is 21.1. The fraction of sp³-hybridized carbons (Fsp3) is 0.531. The lowest BCUT2D eigenvalue weighted by Crippen LogP contribution is -2.57. The quantitative estimate of drug-likeness (QED) is 0.282. The zero-order valence-corrected chi connectivity index (χ0v) is 26.7. The summed E-state index contributed by atoms with van der Waals surface area (Å²) >= 11 is 1.43. The molecule has 1 saturated carbocycles. The molecule has 1 spiro atoms. The van der Waals surface area contributed by atoms with Crippen LogP contribution in [0.25, 0.3) is 0 Å². The summed E-state index contributed by atoms with van der Waals surface area (Å²) in [5, 5.41) is 10.2. The maximum absolute atomic E-state index is 13.7. The highest BCUT2D eigenvalue weighted by atomic mass is 32.1. The molecule has 1 aliphatic heterocycles. The molecule has 2 aromatic heterocycles. The van der Waals surface area contributed by atoms with Crippen LogP contribution in [0.15, 0.2) is 30.5 Å². The van der Waals surface area contributed by atoms with E-state index in [2.05, 4.69) is 48.3 Å². The van der Waals surface area contributed by atoms with Gasteiger partial charge in [0.25, 0.3) is 0 Å². The van der Waals surface area contributed by atoms with Gasteiger partial charge < -0.3 is 30.9 Å². The molecule has 0 radical (unpaired) electrons. The lowest BCUT2D eigenvalue weighted by molar-refractivity contribution is -0.129. The Morgan fingerprint density at radius 2 is 2.11 bits per heavy atom. The minimum absolute atomic E-state index is 0.00633. The SMILES string of the molecule is C=CC(=O)N1CCN(c2cc(OCC(CC)N(C)CC)nc(C(=O)/C=C(\N)C3CCCc4sc(N)c(C#N)c43)n2)CC12CC2. The number of anilines is 2. The van der Waals surface area contributed by atoms with Crippen LogP contribution in [0.3, 0.4) is 0 Å². The van der Waals surface area contributed by atoms with Gasteiger partial charge in [0, 0.05) is 54.3 Å². The number of hydrogen-bond donors (Lipinski definition) is 2. The maximum Gasteiger partial charge on any atom is 0.246 e. The van der Waals surface area contributed by atoms with E-state index in [1.54, 1.807) is 6.07 Å². The third-order valence-electron chi connectivity index (χ3n) is 9.28. The molecule has 234 valence electrons. The summed E-state index contributed by atoms with van der Waals surface area (Å²) in [7, 11) is 2.06. The van der Waals surface area contributed by atoms with E-state index in [0.29, 0.717) is 54.2 Å². The lowest BCUT2D eigenvalue weighted by atomic mass is 9.83. The largest absolute Gasteiger partial charge is 0.476 e. The highest BCUT2D eigenvalue weighted by Gasteiger charge is 2.53. The molecule has 1 saturated heterocycles. The van der Waals surface area contributed by atoms with Gasteiger partial charge in [-0.3, -0.25) is 9.59 Å². The van der Waals surface area contributed by atoms with Crippen LogP contribution in [-0.4, -0.2) is 82.9 Å². The minimum Gasteiger partial charge on any atom is -0.476 e. The number of fused-ring (bicyclic) bond motifs is 1. The fourth-order valence-corrected chi connectivity index (χ4v) is 7.52. The first kappa shape index (κ1) is 31.5. The molecular formula is C32H42N8O3S. The van der Waals surface area contributed by atoms with Crippen LogP contribution < -0.4 is 21.1 Å². The van der Waals surface area contributed by atoms with Gasteiger partial charge in [0.1, 0.15) is 23.5 Å². The number of ketones is 1. The molecular weight excluding hydrogens is 576 g/mol. The van der Waals surface area contributed by atoms with Gasteiger partial charge in [-0.15, -0.1) is 11.3 Å². The molecule has 11 nitrogen and oxygen atoms in total. The van der Waals surface area contributed by atoms with Gasteiger partial charge in [0.05, 0.1) is 11.1 Å². The Balaban J connectivity index is 1.45. The van der Waals surface area contributed by atoms with Gasteiger partial charge in [-0.1, -0.05) is 20.4 Å². The number of piperazine rings is 1. The second kappa shape index (κ2) is 13.0. The molecule has 2 aliphatic carbocycles. The van der Waals surface area contributed by atoms with Crippen LogP contribution >= 0.6 is 11.3 Å². The van der Waals surface area contributed by atoms with E-state index in [-0.39, 0.29) is 29.2 Å². The minimum atomic E-state index is -0.428. The third-order valence-corrected chi connectivity index (χ3v) is 10.4. The van der Waals surface area contributed by atoms with E-state index in [0.717, 1.165) is 55.5 Å². The van der Waals surface area contributed by atoms with Gasteiger partial charge in [-0.25, -0.2) is 4.98 Å². The Kier molecular flexibility index (Phi) is 9.27. The standard InChI is InChI=1S/C32H42N8O3S/c1-5-20(38(4)7-3)18-43-27-16-26(39-13-14-40(28(42)6-2)32(19-39)11-12-32)36-31(37-27)24(41)15-23(34)21-9-8-10-25-29(21)22(17-33)30(35)44-25/h6,15-16,20-21H,2,5,7-14,18-19,34-35H2,1,3-4H3/b23-15-. The van der Waals surface area contributed by atoms with Crippen molar-refractivity contribution in [1.82, 2.24) is 19.8 Å². The van der Waals surface area contributed by atoms with Crippen LogP contribution in [0.2, 0.25) is 0 Å². The number of rotatable bonds is 11. The van der Waals surface area contributed by atoms with Crippen molar-refractivity contribution in [3.05, 3.63) is 52.3 Å². The molecule has 3 heterocycles. The van der Waals surface area contributed by atoms with Gasteiger partial charge in [-0.2, -0.15) is 10.2 Å². The maximum atomic E-state index is 13.7. The third kappa shape index (κ3) is 6.16. The number of nitrogens with two attached hydrogens (primary N) is 2. The molecule has 5 rings (SSSR count). The highest BCUT2D eigenvalue weighted by Crippen LogP contribution is 2.46. The highest BCUT2D eigenvalue weighted by molar-refractivity contribution is 7.16. The van der Waals surface area contributed by atoms with Gasteiger partial charge in [0.2, 0.25) is 23.4 Å². The number of nitriles is 1. The summed E-state index contributed by atoms with van der Waals surface area (Å²) in [6, 6.07) is 4.19. The average molecular weight is 619 g/mol. The van der Waals surface area contributed by atoms with E-state index in [4.69, 9.17) is 21.2 Å². The van der Waals surface area contributed by atoms with Crippen LogP contribution in [0.1, 0.15) is 78.5 Å². The molecule has 0 bridgehead atoms. The summed E-state index contributed by atoms with van der Waals surface area (Å²) < 4.78 is 6.20. The number of ether oxygens (including phenoxy) is 1. The number of hydrogen-bond acceptors (Lipinski definition) is 11. The summed E-state index contributed by atoms with van der Waals surface area (Å²) in [5.74, 6) is 0.130. The molecule has 3 aliphatic rings. The molecule has 2 atom stereocenters. The molecule has 12 heteroatoms. The fourth-order valence-electron chi connectivity index (χ4n) is 6.40. The average Bonchev–Trinajstić information content (AvgIpc) is 3.71. The second-order valence-corrected chi connectivity index (χ2v) is 13.1. The Labute approximate surface area is 263 Å². The second-order valence-electron chi connectivity index (χ2n) is 11.9. The summed E-state index contributed by atoms with van der Waals surface area (Å²) in [5.41, 5.74) is 14.1. The molecule has 2 fully saturated rings. The van der Waals surface area contributed by atoms with Crippen molar-refractivity contribution in [1.29, 1.82) is 5.26 Å². The summed E-state index contributed by atoms with van der Waals surface area (Å²) in [6.07, 6.45) is 7.93. The van der Waals surface area contributed by atoms with E-state index in [9.17, 15) is 14.9 Å². The van der Waals surface area contributed by atoms with Gasteiger partial charge >= 0.3 is 0 Å². The van der Waals surface area contributed by atoms with Gasteiger partial charge in [0.15, 0.2) is 0 Å². The van der Waals surface area contributed by atoms with E-state index < -0.39 is 5.78 Å². The number of carbonyl (C=O) groups excluding carboxylic acids is 2. The molecule has 2 aromatic rings. The van der Waals surface area contributed by atoms with E-state index in [1.807, 2.05) is 4.90 Å². The van der Waals surface area contributed by atoms with E-state index in [1.165, 1.54) is 23.5 Å². The van der Waals surface area contributed by atoms with Crippen LogP contribution in [0, 0.1) is 11.3 Å². The zero-order chi connectivity index (χ0) is 31.6. The van der Waals surface area contributed by atoms with Crippen LogP contribution in [0.5, 0.6) is 5.88 Å². The number of aromatic nitrogens is 2. The number of likely N-dealkylation sites (N-methyl/N-ethyl adjacent to an activating group) is 1. The van der Waals surface area contributed by atoms with Crippen molar-refractivity contribution in [3.63, 3.8) is 0 Å². The Morgan fingerprint density at radius 3 is 2.77 bits per heavy atom. The number of thiophene rings is 1. The zero-order valence-electron chi connectivity index (χ0n) is 25.8. The number of nitrogen functional groups attached to an aromatic ring is 1. The summed E-state index contributed by atoms with van der Waals surface area (Å²) in [6.45, 7) is 10.9. The normalized spacial score (nSPS) is 19.8. The van der Waals surface area contributed by atoms with Crippen LogP contribution in [-0.2, 0) is 11.2 Å². The van der Waals surface area contributed by atoms with Gasteiger partial charge in [-0.05, 0) is 63.8 Å². The first-order valence-corrected chi connectivity index (χ1v) is 16.2. The van der Waals surface area contributed by atoms with Crippen molar-refractivity contribution >= 4 is 33.8 Å². The number of carbonyl (C=O) groups is 2. The van der Waals surface area contributed by atoms with Crippen molar-refractivity contribution in [2.24, 2.45) is 5.73 Å². The number of amides is 1. The van der Waals surface area contributed by atoms with Crippen molar-refractivity contribution in [2.75, 3.05) is 50.5 Å². The molecule has 0 aromatic carbocycles. The predicted molar refractivity (Wildman–Crippen MR) is 172 cm³/mol. The van der Waals surface area contributed by atoms with Crippen molar-refractivity contribution < 1.29 is 14.3 Å². The lowest BCUT2D eigenvalue weighted by Gasteiger charge is -2.42. The summed E-state index contributed by atoms with van der Waals surface area (Å²) in [4.78, 5) is 42.8. The topological polar surface area (TPSA) is 155 Å². The number of aryl methyl sites for hydroxylation is 1. The number of nitrogens with zero attached hydrogens (tertiary/aromatic N) is 6. The smallest absolute Gasteiger partial charge is 0.246 e. The Morgan fingerprint density at radius 1 is 1.34 bits per heavy atom.